The van der Waals surface area contributed by atoms with Gasteiger partial charge in [0.05, 0.1) is 10.5 Å². The first-order chi connectivity index (χ1) is 17.9. The van der Waals surface area contributed by atoms with Crippen LogP contribution in [0.3, 0.4) is 0 Å². The minimum absolute atomic E-state index is 0.172. The van der Waals surface area contributed by atoms with Crippen molar-refractivity contribution in [1.29, 1.82) is 0 Å². The molecule has 1 aliphatic rings. The zero-order valence-corrected chi connectivity index (χ0v) is 22.3. The van der Waals surface area contributed by atoms with Crippen LogP contribution in [0, 0.1) is 0 Å². The zero-order chi connectivity index (χ0) is 25.9. The highest BCUT2D eigenvalue weighted by molar-refractivity contribution is 9.10. The second-order valence-corrected chi connectivity index (χ2v) is 10.7. The van der Waals surface area contributed by atoms with Gasteiger partial charge >= 0.3 is 5.97 Å². The maximum atomic E-state index is 13.6. The van der Waals surface area contributed by atoms with Crippen molar-refractivity contribution in [3.63, 3.8) is 0 Å². The van der Waals surface area contributed by atoms with Gasteiger partial charge in [-0.15, -0.1) is 10.2 Å². The lowest BCUT2D eigenvalue weighted by atomic mass is 10.0. The third-order valence-electron chi connectivity index (χ3n) is 5.66. The van der Waals surface area contributed by atoms with E-state index in [0.29, 0.717) is 27.1 Å². The number of hydrogen-bond donors (Lipinski definition) is 1. The maximum Gasteiger partial charge on any atom is 0.335 e. The zero-order valence-electron chi connectivity index (χ0n) is 19.1. The van der Waals surface area contributed by atoms with Crippen molar-refractivity contribution in [1.82, 2.24) is 15.1 Å². The molecule has 2 heterocycles. The number of amides is 1. The molecule has 0 spiro atoms. The van der Waals surface area contributed by atoms with Crippen molar-refractivity contribution in [2.75, 3.05) is 0 Å². The normalized spacial score (nSPS) is 15.4. The van der Waals surface area contributed by atoms with E-state index in [1.54, 1.807) is 18.2 Å². The molecule has 0 bridgehead atoms. The fourth-order valence-corrected chi connectivity index (χ4v) is 5.61. The molecule has 1 aliphatic heterocycles. The van der Waals surface area contributed by atoms with Crippen LogP contribution in [0.1, 0.15) is 33.4 Å². The Balaban J connectivity index is 1.48. The lowest BCUT2D eigenvalue weighted by Crippen LogP contribution is -2.34. The van der Waals surface area contributed by atoms with Gasteiger partial charge in [-0.25, -0.2) is 4.79 Å². The van der Waals surface area contributed by atoms with Crippen LogP contribution in [0.5, 0.6) is 0 Å². The van der Waals surface area contributed by atoms with Crippen molar-refractivity contribution in [3.05, 3.63) is 111 Å². The summed E-state index contributed by atoms with van der Waals surface area (Å²) in [6.45, 7) is 0. The van der Waals surface area contributed by atoms with Gasteiger partial charge in [-0.1, -0.05) is 88.4 Å². The fourth-order valence-electron chi connectivity index (χ4n) is 3.86. The predicted molar refractivity (Wildman–Crippen MR) is 149 cm³/mol. The summed E-state index contributed by atoms with van der Waals surface area (Å²) in [7, 11) is 0. The van der Waals surface area contributed by atoms with E-state index in [1.165, 1.54) is 28.8 Å². The monoisotopic (exact) mass is 591 g/mol. The average molecular weight is 592 g/mol. The number of carboxylic acids is 1. The molecule has 1 amide bonds. The molecule has 0 unspecified atom stereocenters. The molecule has 0 aliphatic carbocycles. The summed E-state index contributed by atoms with van der Waals surface area (Å²) in [6.07, 6.45) is 2.12. The number of rotatable bonds is 7. The van der Waals surface area contributed by atoms with Crippen LogP contribution in [0.25, 0.3) is 17.5 Å². The number of halogens is 1. The molecule has 1 saturated heterocycles. The van der Waals surface area contributed by atoms with Gasteiger partial charge in [-0.2, -0.15) is 0 Å². The fraction of sp³-hybridized carbons (Fsp3) is 0.0741. The number of thiocarbonyl (C=S) groups is 1. The van der Waals surface area contributed by atoms with E-state index >= 15 is 0 Å². The van der Waals surface area contributed by atoms with E-state index in [1.807, 2.05) is 54.6 Å². The van der Waals surface area contributed by atoms with Gasteiger partial charge in [0.15, 0.2) is 0 Å². The Hall–Kier alpha value is -3.60. The Morgan fingerprint density at radius 1 is 1.08 bits per heavy atom. The number of benzene rings is 3. The summed E-state index contributed by atoms with van der Waals surface area (Å²) in [4.78, 5) is 26.7. The molecule has 3 aromatic carbocycles. The highest BCUT2D eigenvalue weighted by Crippen LogP contribution is 2.40. The number of aromatic nitrogens is 2. The lowest BCUT2D eigenvalue weighted by Gasteiger charge is -2.24. The SMILES string of the molecule is O=C(O)c1ccc(/C=C2\SC(=S)N([C@@H](Cc3ccccc3)c3nnc(-c4cccc(Br)c4)o3)C2=O)cc1. The third-order valence-corrected chi connectivity index (χ3v) is 7.48. The second-order valence-electron chi connectivity index (χ2n) is 8.14. The number of aromatic carboxylic acids is 1. The number of carbonyl (C=O) groups is 2. The summed E-state index contributed by atoms with van der Waals surface area (Å²) >= 11 is 10.3. The lowest BCUT2D eigenvalue weighted by molar-refractivity contribution is -0.124. The van der Waals surface area contributed by atoms with Crippen molar-refractivity contribution in [3.8, 4) is 11.5 Å². The Kier molecular flexibility index (Phi) is 7.31. The summed E-state index contributed by atoms with van der Waals surface area (Å²) in [6, 6.07) is 22.9. The van der Waals surface area contributed by atoms with Crippen LogP contribution in [-0.2, 0) is 11.2 Å². The predicted octanol–water partition coefficient (Wildman–Crippen LogP) is 6.38. The molecule has 184 valence electrons. The molecule has 1 aromatic heterocycles. The van der Waals surface area contributed by atoms with Crippen molar-refractivity contribution >= 4 is 62.2 Å². The van der Waals surface area contributed by atoms with Gasteiger partial charge in [-0.05, 0) is 47.5 Å². The summed E-state index contributed by atoms with van der Waals surface area (Å²) < 4.78 is 7.33. The molecule has 1 N–H and O–H groups in total. The number of carbonyl (C=O) groups excluding carboxylic acids is 1. The molecule has 37 heavy (non-hydrogen) atoms. The largest absolute Gasteiger partial charge is 0.478 e. The maximum absolute atomic E-state index is 13.6. The molecule has 0 saturated carbocycles. The molecule has 5 rings (SSSR count). The van der Waals surface area contributed by atoms with Crippen molar-refractivity contribution < 1.29 is 19.1 Å². The van der Waals surface area contributed by atoms with E-state index in [2.05, 4.69) is 26.1 Å². The highest BCUT2D eigenvalue weighted by atomic mass is 79.9. The molecule has 0 radical (unpaired) electrons. The van der Waals surface area contributed by atoms with Crippen LogP contribution in [0.15, 0.2) is 92.7 Å². The number of hydrogen-bond acceptors (Lipinski definition) is 7. The quantitative estimate of drug-likeness (QED) is 0.195. The van der Waals surface area contributed by atoms with Crippen molar-refractivity contribution in [2.45, 2.75) is 12.5 Å². The molecule has 1 fully saturated rings. The number of nitrogens with zero attached hydrogens (tertiary/aromatic N) is 3. The average Bonchev–Trinajstić information content (AvgIpc) is 3.49. The first-order valence-electron chi connectivity index (χ1n) is 11.1. The van der Waals surface area contributed by atoms with Gasteiger partial charge in [0.25, 0.3) is 5.91 Å². The standard InChI is InChI=1S/C27H18BrN3O4S2/c28-20-8-4-7-19(15-20)23-29-30-24(35-23)21(13-16-5-2-1-3-6-16)31-25(32)22(37-27(31)36)14-17-9-11-18(12-10-17)26(33)34/h1-12,14-15,21H,13H2,(H,33,34)/b22-14-/t21-/m0/s1. The molecule has 10 heteroatoms. The Bertz CT molecular complexity index is 1520. The number of carboxylic acid groups (broad SMARTS) is 1. The van der Waals surface area contributed by atoms with Crippen molar-refractivity contribution in [2.24, 2.45) is 0 Å². The van der Waals surface area contributed by atoms with E-state index < -0.39 is 12.0 Å². The van der Waals surface area contributed by atoms with E-state index in [4.69, 9.17) is 21.7 Å². The first-order valence-corrected chi connectivity index (χ1v) is 13.1. The minimum atomic E-state index is -1.01. The van der Waals surface area contributed by atoms with E-state index in [-0.39, 0.29) is 17.4 Å². The van der Waals surface area contributed by atoms with Gasteiger partial charge < -0.3 is 9.52 Å². The van der Waals surface area contributed by atoms with Crippen LogP contribution >= 0.6 is 39.9 Å². The van der Waals surface area contributed by atoms with Crippen LogP contribution in [0.4, 0.5) is 0 Å². The van der Waals surface area contributed by atoms with Gasteiger partial charge in [0.2, 0.25) is 11.8 Å². The summed E-state index contributed by atoms with van der Waals surface area (Å²) in [5.74, 6) is -0.667. The minimum Gasteiger partial charge on any atom is -0.478 e. The van der Waals surface area contributed by atoms with E-state index in [9.17, 15) is 9.59 Å². The molecule has 4 aromatic rings. The highest BCUT2D eigenvalue weighted by Gasteiger charge is 2.40. The van der Waals surface area contributed by atoms with Crippen LogP contribution < -0.4 is 0 Å². The molecular formula is C27H18BrN3O4S2. The second kappa shape index (κ2) is 10.8. The molecule has 1 atom stereocenters. The van der Waals surface area contributed by atoms with Crippen LogP contribution in [0.2, 0.25) is 0 Å². The topological polar surface area (TPSA) is 96.5 Å². The Morgan fingerprint density at radius 3 is 2.54 bits per heavy atom. The van der Waals surface area contributed by atoms with Gasteiger partial charge in [0, 0.05) is 16.5 Å². The van der Waals surface area contributed by atoms with Gasteiger partial charge in [-0.3, -0.25) is 9.69 Å². The third kappa shape index (κ3) is 5.56. The molecule has 7 nitrogen and oxygen atoms in total. The molecular weight excluding hydrogens is 574 g/mol. The van der Waals surface area contributed by atoms with E-state index in [0.717, 1.165) is 15.6 Å². The van der Waals surface area contributed by atoms with Crippen LogP contribution in [-0.4, -0.2) is 36.4 Å². The Labute approximate surface area is 230 Å². The summed E-state index contributed by atoms with van der Waals surface area (Å²) in [5.41, 5.74) is 2.60. The smallest absolute Gasteiger partial charge is 0.335 e. The van der Waals surface area contributed by atoms with Gasteiger partial charge in [0.1, 0.15) is 10.4 Å². The first kappa shape index (κ1) is 25.1. The number of thioether (sulfide) groups is 1. The summed E-state index contributed by atoms with van der Waals surface area (Å²) in [5, 5.41) is 17.7. The Morgan fingerprint density at radius 2 is 1.84 bits per heavy atom.